The van der Waals surface area contributed by atoms with Crippen molar-refractivity contribution in [1.82, 2.24) is 9.62 Å². The molecule has 0 radical (unpaired) electrons. The zero-order chi connectivity index (χ0) is 15.5. The zero-order valence-corrected chi connectivity index (χ0v) is 13.9. The van der Waals surface area contributed by atoms with Crippen molar-refractivity contribution in [2.24, 2.45) is 5.92 Å². The molecule has 1 atom stereocenters. The highest BCUT2D eigenvalue weighted by atomic mass is 35.5. The minimum absolute atomic E-state index is 0.221. The highest BCUT2D eigenvalue weighted by molar-refractivity contribution is 7.89. The van der Waals surface area contributed by atoms with Crippen LogP contribution < -0.4 is 10.1 Å². The van der Waals surface area contributed by atoms with Gasteiger partial charge in [0.05, 0.1) is 17.0 Å². The van der Waals surface area contributed by atoms with Crippen molar-refractivity contribution in [2.75, 3.05) is 33.8 Å². The molecule has 0 amide bonds. The molecule has 0 unspecified atom stereocenters. The molecule has 1 heterocycles. The van der Waals surface area contributed by atoms with E-state index in [-0.39, 0.29) is 4.90 Å². The Balaban J connectivity index is 2.23. The first-order valence-electron chi connectivity index (χ1n) is 6.97. The third kappa shape index (κ3) is 3.69. The van der Waals surface area contributed by atoms with Crippen molar-refractivity contribution in [3.05, 3.63) is 23.2 Å². The monoisotopic (exact) mass is 332 g/mol. The predicted molar refractivity (Wildman–Crippen MR) is 83.4 cm³/mol. The van der Waals surface area contributed by atoms with E-state index in [1.54, 1.807) is 16.4 Å². The molecule has 7 heteroatoms. The van der Waals surface area contributed by atoms with Gasteiger partial charge in [0.25, 0.3) is 0 Å². The SMILES string of the molecule is CNC[C@H]1CCCN(S(=O)(=O)c2ccc(OC)c(Cl)c2)C1. The molecule has 1 saturated heterocycles. The molecule has 0 aromatic heterocycles. The number of sulfonamides is 1. The number of hydrogen-bond acceptors (Lipinski definition) is 4. The summed E-state index contributed by atoms with van der Waals surface area (Å²) in [5, 5.41) is 3.42. The maximum Gasteiger partial charge on any atom is 0.243 e. The van der Waals surface area contributed by atoms with Crippen molar-refractivity contribution < 1.29 is 13.2 Å². The first-order chi connectivity index (χ1) is 9.98. The highest BCUT2D eigenvalue weighted by Gasteiger charge is 2.30. The molecule has 1 aromatic rings. The molecule has 21 heavy (non-hydrogen) atoms. The van der Waals surface area contributed by atoms with Crippen LogP contribution in [0.5, 0.6) is 5.75 Å². The van der Waals surface area contributed by atoms with Crippen LogP contribution in [0.4, 0.5) is 0 Å². The number of halogens is 1. The van der Waals surface area contributed by atoms with Gasteiger partial charge >= 0.3 is 0 Å². The number of methoxy groups -OCH3 is 1. The van der Waals surface area contributed by atoms with Gasteiger partial charge in [-0.05, 0) is 50.6 Å². The Bertz CT molecular complexity index is 590. The van der Waals surface area contributed by atoms with Crippen molar-refractivity contribution in [3.63, 3.8) is 0 Å². The molecule has 1 aromatic carbocycles. The van der Waals surface area contributed by atoms with Gasteiger partial charge in [0.2, 0.25) is 10.0 Å². The standard InChI is InChI=1S/C14H21ClN2O3S/c1-16-9-11-4-3-7-17(10-11)21(18,19)12-5-6-14(20-2)13(15)8-12/h5-6,8,11,16H,3-4,7,9-10H2,1-2H3/t11-/m1/s1. The Morgan fingerprint density at radius 2 is 2.24 bits per heavy atom. The van der Waals surface area contributed by atoms with Crippen LogP contribution in [0.3, 0.4) is 0 Å². The second-order valence-corrected chi connectivity index (χ2v) is 7.57. The van der Waals surface area contributed by atoms with Gasteiger partial charge in [-0.1, -0.05) is 11.6 Å². The van der Waals surface area contributed by atoms with E-state index in [2.05, 4.69) is 5.32 Å². The summed E-state index contributed by atoms with van der Waals surface area (Å²) in [6.07, 6.45) is 1.94. The summed E-state index contributed by atoms with van der Waals surface area (Å²) < 4.78 is 32.0. The third-order valence-corrected chi connectivity index (χ3v) is 5.89. The minimum atomic E-state index is -3.50. The fraction of sp³-hybridized carbons (Fsp3) is 0.571. The molecule has 0 bridgehead atoms. The lowest BCUT2D eigenvalue weighted by Crippen LogP contribution is -2.42. The summed E-state index contributed by atoms with van der Waals surface area (Å²) >= 11 is 6.03. The van der Waals surface area contributed by atoms with E-state index < -0.39 is 10.0 Å². The lowest BCUT2D eigenvalue weighted by Gasteiger charge is -2.31. The summed E-state index contributed by atoms with van der Waals surface area (Å²) in [5.74, 6) is 0.828. The molecule has 0 saturated carbocycles. The maximum absolute atomic E-state index is 12.7. The lowest BCUT2D eigenvalue weighted by molar-refractivity contribution is 0.263. The van der Waals surface area contributed by atoms with E-state index in [0.29, 0.717) is 29.8 Å². The van der Waals surface area contributed by atoms with Gasteiger partial charge in [0.1, 0.15) is 5.75 Å². The molecule has 0 aliphatic carbocycles. The summed E-state index contributed by atoms with van der Waals surface area (Å²) in [7, 11) is -0.107. The Morgan fingerprint density at radius 1 is 1.48 bits per heavy atom. The maximum atomic E-state index is 12.7. The van der Waals surface area contributed by atoms with Crippen LogP contribution in [-0.2, 0) is 10.0 Å². The average molecular weight is 333 g/mol. The van der Waals surface area contributed by atoms with Gasteiger partial charge in [0, 0.05) is 13.1 Å². The zero-order valence-electron chi connectivity index (χ0n) is 12.3. The highest BCUT2D eigenvalue weighted by Crippen LogP contribution is 2.30. The average Bonchev–Trinajstić information content (AvgIpc) is 2.48. The van der Waals surface area contributed by atoms with Crippen molar-refractivity contribution in [1.29, 1.82) is 0 Å². The van der Waals surface area contributed by atoms with Crippen LogP contribution >= 0.6 is 11.6 Å². The van der Waals surface area contributed by atoms with Crippen LogP contribution in [0, 0.1) is 5.92 Å². The van der Waals surface area contributed by atoms with Crippen LogP contribution in [0.25, 0.3) is 0 Å². The van der Waals surface area contributed by atoms with Crippen LogP contribution in [0.15, 0.2) is 23.1 Å². The first-order valence-corrected chi connectivity index (χ1v) is 8.79. The molecule has 1 aliphatic rings. The van der Waals surface area contributed by atoms with Gasteiger partial charge in [-0.2, -0.15) is 4.31 Å². The lowest BCUT2D eigenvalue weighted by atomic mass is 10.00. The number of piperidine rings is 1. The number of ether oxygens (including phenoxy) is 1. The van der Waals surface area contributed by atoms with Gasteiger partial charge in [-0.25, -0.2) is 8.42 Å². The third-order valence-electron chi connectivity index (χ3n) is 3.74. The van der Waals surface area contributed by atoms with Crippen LogP contribution in [-0.4, -0.2) is 46.5 Å². The summed E-state index contributed by atoms with van der Waals surface area (Å²) in [5.41, 5.74) is 0. The molecule has 1 N–H and O–H groups in total. The minimum Gasteiger partial charge on any atom is -0.495 e. The van der Waals surface area contributed by atoms with E-state index in [9.17, 15) is 8.42 Å². The largest absolute Gasteiger partial charge is 0.495 e. The molecule has 2 rings (SSSR count). The van der Waals surface area contributed by atoms with E-state index in [1.807, 2.05) is 7.05 Å². The molecule has 118 valence electrons. The normalized spacial score (nSPS) is 20.4. The summed E-state index contributed by atoms with van der Waals surface area (Å²) in [6.45, 7) is 1.94. The molecule has 0 spiro atoms. The summed E-state index contributed by atoms with van der Waals surface area (Å²) in [4.78, 5) is 0.221. The number of nitrogens with zero attached hydrogens (tertiary/aromatic N) is 1. The molecular weight excluding hydrogens is 312 g/mol. The smallest absolute Gasteiger partial charge is 0.243 e. The van der Waals surface area contributed by atoms with Crippen molar-refractivity contribution in [3.8, 4) is 5.75 Å². The van der Waals surface area contributed by atoms with Crippen molar-refractivity contribution >= 4 is 21.6 Å². The first kappa shape index (κ1) is 16.5. The number of hydrogen-bond donors (Lipinski definition) is 1. The van der Waals surface area contributed by atoms with Gasteiger partial charge in [-0.15, -0.1) is 0 Å². The number of nitrogens with one attached hydrogen (secondary N) is 1. The molecular formula is C14H21ClN2O3S. The van der Waals surface area contributed by atoms with E-state index in [1.165, 1.54) is 13.2 Å². The van der Waals surface area contributed by atoms with E-state index >= 15 is 0 Å². The van der Waals surface area contributed by atoms with E-state index in [0.717, 1.165) is 19.4 Å². The Morgan fingerprint density at radius 3 is 2.86 bits per heavy atom. The Labute approximate surface area is 131 Å². The fourth-order valence-electron chi connectivity index (χ4n) is 2.66. The topological polar surface area (TPSA) is 58.6 Å². The van der Waals surface area contributed by atoms with Gasteiger partial charge in [-0.3, -0.25) is 0 Å². The molecule has 5 nitrogen and oxygen atoms in total. The Hall–Kier alpha value is -0.820. The fourth-order valence-corrected chi connectivity index (χ4v) is 4.56. The van der Waals surface area contributed by atoms with Crippen LogP contribution in [0.1, 0.15) is 12.8 Å². The quantitative estimate of drug-likeness (QED) is 0.895. The van der Waals surface area contributed by atoms with Crippen molar-refractivity contribution in [2.45, 2.75) is 17.7 Å². The molecule has 1 fully saturated rings. The summed E-state index contributed by atoms with van der Waals surface area (Å²) in [6, 6.07) is 4.59. The van der Waals surface area contributed by atoms with E-state index in [4.69, 9.17) is 16.3 Å². The second kappa shape index (κ2) is 6.96. The number of benzene rings is 1. The second-order valence-electron chi connectivity index (χ2n) is 5.23. The number of rotatable bonds is 5. The predicted octanol–water partition coefficient (Wildman–Crippen LogP) is 1.97. The van der Waals surface area contributed by atoms with Gasteiger partial charge in [0.15, 0.2) is 0 Å². The van der Waals surface area contributed by atoms with Gasteiger partial charge < -0.3 is 10.1 Å². The van der Waals surface area contributed by atoms with Crippen LogP contribution in [0.2, 0.25) is 5.02 Å². The molecule has 1 aliphatic heterocycles. The Kier molecular flexibility index (Phi) is 5.48.